The van der Waals surface area contributed by atoms with Crippen LogP contribution in [0.3, 0.4) is 0 Å². The van der Waals surface area contributed by atoms with Gasteiger partial charge in [0.2, 0.25) is 11.5 Å². The molecule has 0 heterocycles. The summed E-state index contributed by atoms with van der Waals surface area (Å²) in [7, 11) is 0. The van der Waals surface area contributed by atoms with Crippen molar-refractivity contribution in [3.05, 3.63) is 94.0 Å². The van der Waals surface area contributed by atoms with Crippen molar-refractivity contribution in [3.63, 3.8) is 0 Å². The summed E-state index contributed by atoms with van der Waals surface area (Å²) in [4.78, 5) is 0. The third kappa shape index (κ3) is 4.61. The van der Waals surface area contributed by atoms with E-state index in [9.17, 15) is 40.9 Å². The summed E-state index contributed by atoms with van der Waals surface area (Å²) < 4.78 is 0. The largest absolute Gasteiger partial charge is 0.508 e. The first-order valence-electron chi connectivity index (χ1n) is 11.2. The van der Waals surface area contributed by atoms with Crippen molar-refractivity contribution < 1.29 is 40.9 Å². The second-order valence-corrected chi connectivity index (χ2v) is 8.76. The fourth-order valence-electron chi connectivity index (χ4n) is 4.32. The molecule has 8 nitrogen and oxygen atoms in total. The normalized spacial score (nSPS) is 11.2. The molecule has 0 radical (unpaired) electrons. The first kappa shape index (κ1) is 24.4. The van der Waals surface area contributed by atoms with Gasteiger partial charge in [0, 0.05) is 41.0 Å². The van der Waals surface area contributed by atoms with Crippen LogP contribution < -0.4 is 0 Å². The van der Waals surface area contributed by atoms with Crippen LogP contribution in [0.25, 0.3) is 0 Å². The summed E-state index contributed by atoms with van der Waals surface area (Å²) in [5, 5.41) is 82.4. The van der Waals surface area contributed by atoms with Gasteiger partial charge in [0.1, 0.15) is 11.5 Å². The summed E-state index contributed by atoms with van der Waals surface area (Å²) in [5.74, 6) is -4.44. The smallest absolute Gasteiger partial charge is 0.200 e. The van der Waals surface area contributed by atoms with E-state index < -0.39 is 40.4 Å². The van der Waals surface area contributed by atoms with Crippen LogP contribution >= 0.6 is 0 Å². The molecule has 4 aromatic carbocycles. The summed E-state index contributed by atoms with van der Waals surface area (Å²) >= 11 is 0. The van der Waals surface area contributed by atoms with Crippen LogP contribution in [-0.2, 0) is 12.8 Å². The molecule has 0 aliphatic carbocycles. The zero-order valence-electron chi connectivity index (χ0n) is 19.3. The van der Waals surface area contributed by atoms with Crippen LogP contribution in [0.4, 0.5) is 0 Å². The summed E-state index contributed by atoms with van der Waals surface area (Å²) in [6.45, 7) is 1.62. The molecule has 4 aromatic rings. The highest BCUT2D eigenvalue weighted by Gasteiger charge is 2.26. The number of phenolic OH excluding ortho intramolecular Hbond substituents is 8. The number of hydrogen-bond donors (Lipinski definition) is 8. The van der Waals surface area contributed by atoms with Crippen molar-refractivity contribution >= 4 is 0 Å². The quantitative estimate of drug-likeness (QED) is 0.181. The van der Waals surface area contributed by atoms with Crippen molar-refractivity contribution in [2.45, 2.75) is 25.7 Å². The highest BCUT2D eigenvalue weighted by molar-refractivity contribution is 5.64. The predicted molar refractivity (Wildman–Crippen MR) is 132 cm³/mol. The molecule has 8 heteroatoms. The molecule has 4 rings (SSSR count). The zero-order valence-corrected chi connectivity index (χ0v) is 19.3. The van der Waals surface area contributed by atoms with Gasteiger partial charge in [-0.2, -0.15) is 0 Å². The summed E-state index contributed by atoms with van der Waals surface area (Å²) in [6.07, 6.45) is 0.257. The number of aromatic hydroxyl groups is 8. The lowest BCUT2D eigenvalue weighted by Crippen LogP contribution is -2.02. The summed E-state index contributed by atoms with van der Waals surface area (Å²) in [6, 6.07) is 15.7. The van der Waals surface area contributed by atoms with Crippen LogP contribution in [0.5, 0.6) is 46.0 Å². The first-order chi connectivity index (χ1) is 17.1. The Morgan fingerprint density at radius 3 is 1.25 bits per heavy atom. The molecule has 0 amide bonds. The SMILES string of the molecule is CC(c1cc(Cc2cccc(O)c2)c(O)c(O)c1O)c1cc(Cc2cccc(O)c2)c(O)c(O)c1O. The third-order valence-corrected chi connectivity index (χ3v) is 6.26. The average Bonchev–Trinajstić information content (AvgIpc) is 2.84. The van der Waals surface area contributed by atoms with Gasteiger partial charge in [-0.25, -0.2) is 0 Å². The lowest BCUT2D eigenvalue weighted by Gasteiger charge is -2.21. The lowest BCUT2D eigenvalue weighted by molar-refractivity contribution is 0.357. The van der Waals surface area contributed by atoms with Crippen LogP contribution in [0, 0.1) is 0 Å². The molecule has 0 aromatic heterocycles. The second kappa shape index (κ2) is 9.50. The summed E-state index contributed by atoms with van der Waals surface area (Å²) in [5.41, 5.74) is 2.13. The molecule has 0 atom stereocenters. The van der Waals surface area contributed by atoms with Crippen LogP contribution in [-0.4, -0.2) is 40.9 Å². The minimum atomic E-state index is -0.797. The molecule has 0 unspecified atom stereocenters. The highest BCUT2D eigenvalue weighted by Crippen LogP contribution is 2.49. The predicted octanol–water partition coefficient (Wildman–Crippen LogP) is 4.66. The Labute approximate surface area is 206 Å². The molecule has 0 aliphatic rings. The van der Waals surface area contributed by atoms with E-state index in [1.165, 1.54) is 36.4 Å². The Bertz CT molecular complexity index is 1340. The van der Waals surface area contributed by atoms with E-state index in [4.69, 9.17) is 0 Å². The molecule has 0 saturated carbocycles. The fraction of sp³-hybridized carbons (Fsp3) is 0.143. The molecule has 0 bridgehead atoms. The average molecular weight is 491 g/mol. The van der Waals surface area contributed by atoms with Gasteiger partial charge in [-0.15, -0.1) is 0 Å². The van der Waals surface area contributed by atoms with E-state index in [-0.39, 0.29) is 46.6 Å². The van der Waals surface area contributed by atoms with Crippen LogP contribution in [0.15, 0.2) is 60.7 Å². The second-order valence-electron chi connectivity index (χ2n) is 8.76. The topological polar surface area (TPSA) is 162 Å². The van der Waals surface area contributed by atoms with Crippen LogP contribution in [0.1, 0.15) is 46.2 Å². The Hall–Kier alpha value is -4.72. The Balaban J connectivity index is 1.78. The number of hydrogen-bond acceptors (Lipinski definition) is 8. The van der Waals surface area contributed by atoms with E-state index in [0.29, 0.717) is 11.1 Å². The van der Waals surface area contributed by atoms with E-state index in [2.05, 4.69) is 0 Å². The van der Waals surface area contributed by atoms with Crippen molar-refractivity contribution in [1.82, 2.24) is 0 Å². The molecule has 0 aliphatic heterocycles. The van der Waals surface area contributed by atoms with Gasteiger partial charge in [-0.3, -0.25) is 0 Å². The van der Waals surface area contributed by atoms with Crippen molar-refractivity contribution in [2.75, 3.05) is 0 Å². The number of phenols is 8. The van der Waals surface area contributed by atoms with E-state index in [0.717, 1.165) is 0 Å². The molecule has 0 saturated heterocycles. The monoisotopic (exact) mass is 490 g/mol. The molecule has 36 heavy (non-hydrogen) atoms. The zero-order chi connectivity index (χ0) is 26.1. The van der Waals surface area contributed by atoms with E-state index >= 15 is 0 Å². The number of rotatable bonds is 6. The number of benzene rings is 4. The van der Waals surface area contributed by atoms with Crippen molar-refractivity contribution in [3.8, 4) is 46.0 Å². The first-order valence-corrected chi connectivity index (χ1v) is 11.2. The molecule has 0 spiro atoms. The minimum Gasteiger partial charge on any atom is -0.508 e. The van der Waals surface area contributed by atoms with E-state index in [1.54, 1.807) is 31.2 Å². The standard InChI is InChI=1S/C28H26O8/c1-14(21-12-17(23(31)27(35)25(21)33)8-15-4-2-6-19(29)10-15)22-13-18(24(32)28(36)26(22)34)9-16-5-3-7-20(30)11-16/h2-7,10-14,29-36H,8-9H2,1H3. The van der Waals surface area contributed by atoms with Crippen molar-refractivity contribution in [2.24, 2.45) is 0 Å². The molecular weight excluding hydrogens is 464 g/mol. The van der Waals surface area contributed by atoms with Gasteiger partial charge in [0.25, 0.3) is 0 Å². The lowest BCUT2D eigenvalue weighted by atomic mass is 9.87. The van der Waals surface area contributed by atoms with Gasteiger partial charge in [0.15, 0.2) is 23.0 Å². The Kier molecular flexibility index (Phi) is 6.44. The fourth-order valence-corrected chi connectivity index (χ4v) is 4.32. The molecule has 0 fully saturated rings. The Morgan fingerprint density at radius 1 is 0.500 bits per heavy atom. The Morgan fingerprint density at radius 2 is 0.889 bits per heavy atom. The molecular formula is C28H26O8. The maximum Gasteiger partial charge on any atom is 0.200 e. The molecule has 186 valence electrons. The van der Waals surface area contributed by atoms with Gasteiger partial charge in [0.05, 0.1) is 0 Å². The van der Waals surface area contributed by atoms with Gasteiger partial charge >= 0.3 is 0 Å². The maximum absolute atomic E-state index is 10.6. The third-order valence-electron chi connectivity index (χ3n) is 6.26. The highest BCUT2D eigenvalue weighted by atomic mass is 16.3. The van der Waals surface area contributed by atoms with Crippen molar-refractivity contribution in [1.29, 1.82) is 0 Å². The van der Waals surface area contributed by atoms with Gasteiger partial charge in [-0.1, -0.05) is 31.2 Å². The van der Waals surface area contributed by atoms with E-state index in [1.807, 2.05) is 0 Å². The van der Waals surface area contributed by atoms with Gasteiger partial charge < -0.3 is 40.9 Å². The minimum absolute atomic E-state index is 0.0346. The van der Waals surface area contributed by atoms with Gasteiger partial charge in [-0.05, 0) is 47.5 Å². The van der Waals surface area contributed by atoms with Crippen LogP contribution in [0.2, 0.25) is 0 Å². The maximum atomic E-state index is 10.6. The molecule has 8 N–H and O–H groups in total.